The zero-order valence-corrected chi connectivity index (χ0v) is 19.2. The van der Waals surface area contributed by atoms with E-state index in [1.165, 1.54) is 4.90 Å². The molecule has 3 aromatic heterocycles. The predicted octanol–water partition coefficient (Wildman–Crippen LogP) is 4.30. The molecular formula is C23H29FN6O3. The number of aromatic nitrogens is 4. The first-order valence-electron chi connectivity index (χ1n) is 11.1. The maximum atomic E-state index is 15.4. The first-order valence-corrected chi connectivity index (χ1v) is 11.1. The third-order valence-corrected chi connectivity index (χ3v) is 5.86. The molecule has 0 radical (unpaired) electrons. The molecule has 0 aliphatic carbocycles. The van der Waals surface area contributed by atoms with Crippen LogP contribution in [0.4, 0.5) is 15.0 Å². The smallest absolute Gasteiger partial charge is 0.407 e. The number of amides is 1. The summed E-state index contributed by atoms with van der Waals surface area (Å²) in [6.45, 7) is 8.40. The van der Waals surface area contributed by atoms with Crippen LogP contribution >= 0.6 is 0 Å². The Morgan fingerprint density at radius 2 is 2.12 bits per heavy atom. The van der Waals surface area contributed by atoms with E-state index in [1.807, 2.05) is 39.0 Å². The second kappa shape index (κ2) is 8.84. The molecule has 9 nitrogen and oxygen atoms in total. The van der Waals surface area contributed by atoms with Crippen molar-refractivity contribution in [2.24, 2.45) is 5.41 Å². The van der Waals surface area contributed by atoms with Gasteiger partial charge in [-0.1, -0.05) is 26.8 Å². The fourth-order valence-electron chi connectivity index (χ4n) is 4.59. The number of halogens is 1. The number of rotatable bonds is 5. The summed E-state index contributed by atoms with van der Waals surface area (Å²) in [5.41, 5.74) is 1.05. The molecule has 176 valence electrons. The molecule has 0 saturated carbocycles. The summed E-state index contributed by atoms with van der Waals surface area (Å²) in [5, 5.41) is 17.3. The van der Waals surface area contributed by atoms with Crippen molar-refractivity contribution in [2.75, 3.05) is 18.5 Å². The Hall–Kier alpha value is -3.43. The number of ether oxygens (including phenoxy) is 1. The molecule has 10 heteroatoms. The highest BCUT2D eigenvalue weighted by Gasteiger charge is 2.42. The summed E-state index contributed by atoms with van der Waals surface area (Å²) < 4.78 is 22.5. The van der Waals surface area contributed by atoms with Gasteiger partial charge in [0.05, 0.1) is 29.9 Å². The van der Waals surface area contributed by atoms with Crippen molar-refractivity contribution in [1.29, 1.82) is 0 Å². The molecule has 2 atom stereocenters. The van der Waals surface area contributed by atoms with Gasteiger partial charge in [0.1, 0.15) is 0 Å². The molecule has 0 aromatic carbocycles. The summed E-state index contributed by atoms with van der Waals surface area (Å²) >= 11 is 0. The minimum atomic E-state index is -0.980. The molecule has 2 N–H and O–H groups in total. The number of likely N-dealkylation sites (tertiary alicyclic amines) is 1. The van der Waals surface area contributed by atoms with Crippen LogP contribution < -0.4 is 10.1 Å². The lowest BCUT2D eigenvalue weighted by Gasteiger charge is -2.47. The largest absolute Gasteiger partial charge is 0.476 e. The molecule has 1 aliphatic rings. The third kappa shape index (κ3) is 4.42. The number of nitrogens with zero attached hydrogens (tertiary/aromatic N) is 5. The van der Waals surface area contributed by atoms with E-state index in [0.717, 1.165) is 5.52 Å². The lowest BCUT2D eigenvalue weighted by Crippen LogP contribution is -2.58. The first kappa shape index (κ1) is 22.8. The number of nitrogens with one attached hydrogen (secondary N) is 1. The summed E-state index contributed by atoms with van der Waals surface area (Å²) in [4.78, 5) is 22.2. The summed E-state index contributed by atoms with van der Waals surface area (Å²) in [6.07, 6.45) is 3.81. The van der Waals surface area contributed by atoms with E-state index in [4.69, 9.17) is 4.74 Å². The van der Waals surface area contributed by atoms with Crippen LogP contribution in [0.1, 0.15) is 40.5 Å². The number of anilines is 1. The van der Waals surface area contributed by atoms with Gasteiger partial charge in [-0.2, -0.15) is 14.5 Å². The molecule has 0 bridgehead atoms. The summed E-state index contributed by atoms with van der Waals surface area (Å²) in [5.74, 6) is -0.581. The van der Waals surface area contributed by atoms with Gasteiger partial charge in [-0.15, -0.1) is 0 Å². The number of piperidine rings is 1. The Kier molecular flexibility index (Phi) is 6.09. The van der Waals surface area contributed by atoms with Gasteiger partial charge in [-0.3, -0.25) is 0 Å². The van der Waals surface area contributed by atoms with Crippen LogP contribution in [0, 0.1) is 11.2 Å². The van der Waals surface area contributed by atoms with Gasteiger partial charge in [-0.25, -0.2) is 14.3 Å². The van der Waals surface area contributed by atoms with Crippen molar-refractivity contribution in [2.45, 2.75) is 52.6 Å². The van der Waals surface area contributed by atoms with Crippen LogP contribution in [0.3, 0.4) is 0 Å². The molecule has 3 aromatic rings. The minimum Gasteiger partial charge on any atom is -0.476 e. The van der Waals surface area contributed by atoms with E-state index in [9.17, 15) is 9.90 Å². The Morgan fingerprint density at radius 1 is 1.33 bits per heavy atom. The van der Waals surface area contributed by atoms with Crippen molar-refractivity contribution in [3.63, 3.8) is 0 Å². The van der Waals surface area contributed by atoms with Gasteiger partial charge in [0.2, 0.25) is 5.82 Å². The topological polar surface area (TPSA) is 105 Å². The summed E-state index contributed by atoms with van der Waals surface area (Å²) in [7, 11) is 0. The molecule has 4 rings (SSSR count). The standard InChI is InChI=1S/C23H29FN6O3/c1-5-33-21-17(24)20(26-15-9-8-11-29(22(31)32)18(15)23(2,3)4)27-19(28-21)14-13-25-30-12-7-6-10-16(14)30/h6-7,10,12-13,15,18H,5,8-9,11H2,1-4H3,(H,31,32)(H,26,27,28)/t15-,18?/m1/s1. The number of carbonyl (C=O) groups is 1. The van der Waals surface area contributed by atoms with Crippen molar-refractivity contribution < 1.29 is 19.0 Å². The van der Waals surface area contributed by atoms with Gasteiger partial charge in [0.25, 0.3) is 5.88 Å². The van der Waals surface area contributed by atoms with Gasteiger partial charge in [0, 0.05) is 18.8 Å². The van der Waals surface area contributed by atoms with Crippen molar-refractivity contribution in [1.82, 2.24) is 24.5 Å². The second-order valence-electron chi connectivity index (χ2n) is 9.22. The maximum Gasteiger partial charge on any atom is 0.407 e. The summed E-state index contributed by atoms with van der Waals surface area (Å²) in [6, 6.07) is 4.92. The monoisotopic (exact) mass is 456 g/mol. The minimum absolute atomic E-state index is 0.00906. The van der Waals surface area contributed by atoms with Crippen LogP contribution in [-0.4, -0.2) is 60.9 Å². The van der Waals surface area contributed by atoms with Gasteiger partial charge < -0.3 is 20.1 Å². The number of fused-ring (bicyclic) bond motifs is 1. The van der Waals surface area contributed by atoms with Crippen LogP contribution in [-0.2, 0) is 0 Å². The zero-order valence-electron chi connectivity index (χ0n) is 19.2. The van der Waals surface area contributed by atoms with Crippen LogP contribution in [0.5, 0.6) is 5.88 Å². The number of hydrogen-bond acceptors (Lipinski definition) is 6. The van der Waals surface area contributed by atoms with Crippen LogP contribution in [0.15, 0.2) is 30.6 Å². The van der Waals surface area contributed by atoms with Crippen molar-refractivity contribution >= 4 is 17.4 Å². The molecule has 1 amide bonds. The molecule has 1 unspecified atom stereocenters. The molecular weight excluding hydrogens is 427 g/mol. The highest BCUT2D eigenvalue weighted by Crippen LogP contribution is 2.35. The lowest BCUT2D eigenvalue weighted by atomic mass is 9.77. The predicted molar refractivity (Wildman–Crippen MR) is 122 cm³/mol. The molecule has 1 saturated heterocycles. The number of pyridine rings is 1. The van der Waals surface area contributed by atoms with Crippen LogP contribution in [0.25, 0.3) is 16.9 Å². The van der Waals surface area contributed by atoms with Gasteiger partial charge in [-0.05, 0) is 37.3 Å². The van der Waals surface area contributed by atoms with E-state index < -0.39 is 11.9 Å². The molecule has 1 fully saturated rings. The van der Waals surface area contributed by atoms with Crippen LogP contribution in [0.2, 0.25) is 0 Å². The Balaban J connectivity index is 1.77. The third-order valence-electron chi connectivity index (χ3n) is 5.86. The van der Waals surface area contributed by atoms with Gasteiger partial charge >= 0.3 is 6.09 Å². The molecule has 0 spiro atoms. The van der Waals surface area contributed by atoms with Crippen molar-refractivity contribution in [3.8, 4) is 17.3 Å². The Labute approximate surface area is 191 Å². The highest BCUT2D eigenvalue weighted by molar-refractivity contribution is 5.76. The fourth-order valence-corrected chi connectivity index (χ4v) is 4.59. The quantitative estimate of drug-likeness (QED) is 0.590. The average molecular weight is 457 g/mol. The van der Waals surface area contributed by atoms with E-state index in [2.05, 4.69) is 20.4 Å². The van der Waals surface area contributed by atoms with E-state index in [0.29, 0.717) is 24.9 Å². The van der Waals surface area contributed by atoms with E-state index in [-0.39, 0.29) is 41.6 Å². The lowest BCUT2D eigenvalue weighted by molar-refractivity contribution is 0.0517. The second-order valence-corrected chi connectivity index (χ2v) is 9.22. The zero-order chi connectivity index (χ0) is 23.8. The normalized spacial score (nSPS) is 19.0. The molecule has 33 heavy (non-hydrogen) atoms. The van der Waals surface area contributed by atoms with Crippen molar-refractivity contribution in [3.05, 3.63) is 36.4 Å². The Bertz CT molecular complexity index is 1160. The SMILES string of the molecule is CCOc1nc(-c2cnn3ccccc23)nc(N[C@@H]2CCCN(C(=O)O)C2C(C)(C)C)c1F. The maximum absolute atomic E-state index is 15.4. The first-order chi connectivity index (χ1) is 15.7. The fraction of sp³-hybridized carbons (Fsp3) is 0.478. The Morgan fingerprint density at radius 3 is 2.82 bits per heavy atom. The highest BCUT2D eigenvalue weighted by atomic mass is 19.1. The van der Waals surface area contributed by atoms with E-state index in [1.54, 1.807) is 23.8 Å². The molecule has 4 heterocycles. The molecule has 1 aliphatic heterocycles. The number of hydrogen-bond donors (Lipinski definition) is 2. The number of carboxylic acid groups (broad SMARTS) is 1. The average Bonchev–Trinajstić information content (AvgIpc) is 3.20. The van der Waals surface area contributed by atoms with E-state index >= 15 is 4.39 Å². The van der Waals surface area contributed by atoms with Gasteiger partial charge in [0.15, 0.2) is 11.6 Å².